The lowest BCUT2D eigenvalue weighted by Crippen LogP contribution is -1.96. The molecular weight excluding hydrogens is 268 g/mol. The van der Waals surface area contributed by atoms with Crippen molar-refractivity contribution >= 4 is 11.8 Å². The first kappa shape index (κ1) is 14.8. The average Bonchev–Trinajstić information content (AvgIpc) is 2.45. The molecule has 0 saturated carbocycles. The summed E-state index contributed by atoms with van der Waals surface area (Å²) in [6.45, 7) is 7.41. The summed E-state index contributed by atoms with van der Waals surface area (Å²) in [6.07, 6.45) is 0. The fourth-order valence-electron chi connectivity index (χ4n) is 1.83. The van der Waals surface area contributed by atoms with Gasteiger partial charge in [0, 0.05) is 4.90 Å². The van der Waals surface area contributed by atoms with E-state index in [2.05, 4.69) is 31.2 Å². The standard InChI is InChI=1S/C17H20O2S/c1-4-18-14-8-11-16(19-5-2)17(12-14)20-15-9-6-13(3)7-10-15/h6-12H,4-5H2,1-3H3. The molecule has 0 spiro atoms. The Morgan fingerprint density at radius 1 is 0.900 bits per heavy atom. The van der Waals surface area contributed by atoms with Crippen molar-refractivity contribution in [3.8, 4) is 11.5 Å². The highest BCUT2D eigenvalue weighted by molar-refractivity contribution is 7.99. The Balaban J connectivity index is 2.26. The summed E-state index contributed by atoms with van der Waals surface area (Å²) < 4.78 is 11.3. The van der Waals surface area contributed by atoms with Gasteiger partial charge in [0.2, 0.25) is 0 Å². The summed E-state index contributed by atoms with van der Waals surface area (Å²) >= 11 is 1.70. The summed E-state index contributed by atoms with van der Waals surface area (Å²) in [7, 11) is 0. The quantitative estimate of drug-likeness (QED) is 0.749. The Morgan fingerprint density at radius 2 is 1.60 bits per heavy atom. The SMILES string of the molecule is CCOc1ccc(OCC)c(Sc2ccc(C)cc2)c1. The summed E-state index contributed by atoms with van der Waals surface area (Å²) in [5.41, 5.74) is 1.27. The van der Waals surface area contributed by atoms with Crippen molar-refractivity contribution in [1.29, 1.82) is 0 Å². The van der Waals surface area contributed by atoms with E-state index in [0.717, 1.165) is 16.4 Å². The third kappa shape index (κ3) is 3.94. The molecule has 0 aliphatic carbocycles. The van der Waals surface area contributed by atoms with Crippen LogP contribution in [0.15, 0.2) is 52.3 Å². The van der Waals surface area contributed by atoms with Crippen LogP contribution in [0.3, 0.4) is 0 Å². The van der Waals surface area contributed by atoms with E-state index in [1.54, 1.807) is 11.8 Å². The number of hydrogen-bond donors (Lipinski definition) is 0. The van der Waals surface area contributed by atoms with Gasteiger partial charge in [0.15, 0.2) is 0 Å². The van der Waals surface area contributed by atoms with Crippen LogP contribution in [0.4, 0.5) is 0 Å². The van der Waals surface area contributed by atoms with Crippen molar-refractivity contribution in [1.82, 2.24) is 0 Å². The van der Waals surface area contributed by atoms with Gasteiger partial charge >= 0.3 is 0 Å². The van der Waals surface area contributed by atoms with Crippen LogP contribution in [-0.2, 0) is 0 Å². The molecule has 0 aliphatic heterocycles. The minimum absolute atomic E-state index is 0.662. The fourth-order valence-corrected chi connectivity index (χ4v) is 2.76. The van der Waals surface area contributed by atoms with E-state index in [1.165, 1.54) is 10.5 Å². The van der Waals surface area contributed by atoms with Crippen molar-refractivity contribution in [2.45, 2.75) is 30.6 Å². The van der Waals surface area contributed by atoms with Crippen molar-refractivity contribution < 1.29 is 9.47 Å². The van der Waals surface area contributed by atoms with Gasteiger partial charge in [-0.05, 0) is 51.1 Å². The first-order valence-corrected chi connectivity index (χ1v) is 7.68. The molecule has 2 aromatic rings. The third-order valence-corrected chi connectivity index (χ3v) is 3.82. The first-order chi connectivity index (χ1) is 9.72. The Bertz CT molecular complexity index is 549. The van der Waals surface area contributed by atoms with E-state index < -0.39 is 0 Å². The van der Waals surface area contributed by atoms with E-state index in [-0.39, 0.29) is 0 Å². The summed E-state index contributed by atoms with van der Waals surface area (Å²) in [4.78, 5) is 2.28. The van der Waals surface area contributed by atoms with Gasteiger partial charge in [-0.1, -0.05) is 29.5 Å². The van der Waals surface area contributed by atoms with Crippen LogP contribution in [0.2, 0.25) is 0 Å². The maximum absolute atomic E-state index is 5.69. The molecule has 2 nitrogen and oxygen atoms in total. The molecule has 0 N–H and O–H groups in total. The monoisotopic (exact) mass is 288 g/mol. The van der Waals surface area contributed by atoms with Crippen LogP contribution in [0, 0.1) is 6.92 Å². The predicted molar refractivity (Wildman–Crippen MR) is 84.1 cm³/mol. The van der Waals surface area contributed by atoms with Crippen LogP contribution >= 0.6 is 11.8 Å². The third-order valence-electron chi connectivity index (χ3n) is 2.77. The maximum Gasteiger partial charge on any atom is 0.133 e. The van der Waals surface area contributed by atoms with Gasteiger partial charge < -0.3 is 9.47 Å². The molecule has 0 aliphatic rings. The van der Waals surface area contributed by atoms with Gasteiger partial charge in [-0.15, -0.1) is 0 Å². The zero-order chi connectivity index (χ0) is 14.4. The normalized spacial score (nSPS) is 10.3. The van der Waals surface area contributed by atoms with E-state index in [9.17, 15) is 0 Å². The van der Waals surface area contributed by atoms with E-state index in [4.69, 9.17) is 9.47 Å². The van der Waals surface area contributed by atoms with Crippen LogP contribution in [0.25, 0.3) is 0 Å². The Labute approximate surface area is 125 Å². The maximum atomic E-state index is 5.69. The topological polar surface area (TPSA) is 18.5 Å². The van der Waals surface area contributed by atoms with Crippen molar-refractivity contribution in [2.75, 3.05) is 13.2 Å². The molecular formula is C17H20O2S. The van der Waals surface area contributed by atoms with Crippen molar-refractivity contribution in [3.63, 3.8) is 0 Å². The Kier molecular flexibility index (Phi) is 5.36. The second-order valence-corrected chi connectivity index (χ2v) is 5.51. The molecule has 106 valence electrons. The zero-order valence-corrected chi connectivity index (χ0v) is 13.0. The van der Waals surface area contributed by atoms with Gasteiger partial charge in [0.05, 0.1) is 18.1 Å². The zero-order valence-electron chi connectivity index (χ0n) is 12.2. The van der Waals surface area contributed by atoms with Crippen molar-refractivity contribution in [2.24, 2.45) is 0 Å². The molecule has 0 saturated heterocycles. The van der Waals surface area contributed by atoms with E-state index in [0.29, 0.717) is 13.2 Å². The first-order valence-electron chi connectivity index (χ1n) is 6.87. The van der Waals surface area contributed by atoms with Gasteiger partial charge in [-0.25, -0.2) is 0 Å². The summed E-state index contributed by atoms with van der Waals surface area (Å²) in [6, 6.07) is 14.5. The largest absolute Gasteiger partial charge is 0.494 e. The fraction of sp³-hybridized carbons (Fsp3) is 0.294. The highest BCUT2D eigenvalue weighted by Gasteiger charge is 2.08. The molecule has 0 heterocycles. The lowest BCUT2D eigenvalue weighted by atomic mass is 10.2. The van der Waals surface area contributed by atoms with Gasteiger partial charge in [0.25, 0.3) is 0 Å². The van der Waals surface area contributed by atoms with E-state index >= 15 is 0 Å². The number of rotatable bonds is 6. The molecule has 20 heavy (non-hydrogen) atoms. The van der Waals surface area contributed by atoms with Crippen LogP contribution in [0.1, 0.15) is 19.4 Å². The number of benzene rings is 2. The molecule has 0 unspecified atom stereocenters. The molecule has 0 radical (unpaired) electrons. The molecule has 0 fully saturated rings. The minimum Gasteiger partial charge on any atom is -0.494 e. The Morgan fingerprint density at radius 3 is 2.25 bits per heavy atom. The lowest BCUT2D eigenvalue weighted by Gasteiger charge is -2.12. The van der Waals surface area contributed by atoms with Gasteiger partial charge in [0.1, 0.15) is 11.5 Å². The number of ether oxygens (including phenoxy) is 2. The summed E-state index contributed by atoms with van der Waals surface area (Å²) in [5, 5.41) is 0. The summed E-state index contributed by atoms with van der Waals surface area (Å²) in [5.74, 6) is 1.78. The highest BCUT2D eigenvalue weighted by Crippen LogP contribution is 2.37. The molecule has 0 atom stereocenters. The second-order valence-electron chi connectivity index (χ2n) is 4.39. The molecule has 0 amide bonds. The molecule has 2 rings (SSSR count). The predicted octanol–water partition coefficient (Wildman–Crippen LogP) is 4.94. The number of aryl methyl sites for hydroxylation is 1. The second kappa shape index (κ2) is 7.25. The van der Waals surface area contributed by atoms with Crippen LogP contribution in [-0.4, -0.2) is 13.2 Å². The van der Waals surface area contributed by atoms with E-state index in [1.807, 2.05) is 32.0 Å². The number of hydrogen-bond acceptors (Lipinski definition) is 3. The minimum atomic E-state index is 0.662. The lowest BCUT2D eigenvalue weighted by molar-refractivity contribution is 0.323. The van der Waals surface area contributed by atoms with Gasteiger partial charge in [-0.3, -0.25) is 0 Å². The van der Waals surface area contributed by atoms with Crippen molar-refractivity contribution in [3.05, 3.63) is 48.0 Å². The highest BCUT2D eigenvalue weighted by atomic mass is 32.2. The molecule has 0 aromatic heterocycles. The van der Waals surface area contributed by atoms with Crippen LogP contribution < -0.4 is 9.47 Å². The smallest absolute Gasteiger partial charge is 0.133 e. The van der Waals surface area contributed by atoms with Gasteiger partial charge in [-0.2, -0.15) is 0 Å². The molecule has 0 bridgehead atoms. The Hall–Kier alpha value is -1.61. The molecule has 3 heteroatoms. The van der Waals surface area contributed by atoms with Crippen LogP contribution in [0.5, 0.6) is 11.5 Å². The average molecular weight is 288 g/mol. The molecule has 2 aromatic carbocycles.